The Kier molecular flexibility index (Phi) is 24.6. The highest BCUT2D eigenvalue weighted by atomic mass is 32.1. The molecule has 176 valence electrons. The third-order valence-corrected chi connectivity index (χ3v) is 3.97. The number of hydrogen-bond donors (Lipinski definition) is 4. The van der Waals surface area contributed by atoms with Gasteiger partial charge in [-0.15, -0.1) is 0 Å². The van der Waals surface area contributed by atoms with Gasteiger partial charge in [-0.05, 0) is 0 Å². The van der Waals surface area contributed by atoms with Gasteiger partial charge >= 0.3 is 0 Å². The molecule has 12 heteroatoms. The maximum atomic E-state index is 5.68. The Labute approximate surface area is 196 Å². The van der Waals surface area contributed by atoms with E-state index in [1.54, 1.807) is 0 Å². The Morgan fingerprint density at radius 3 is 0.828 bits per heavy atom. The fourth-order valence-electron chi connectivity index (χ4n) is 2.01. The molecule has 0 amide bonds. The summed E-state index contributed by atoms with van der Waals surface area (Å²) < 4.78 is 44.0. The van der Waals surface area contributed by atoms with Crippen LogP contribution in [0.4, 0.5) is 0 Å². The summed E-state index contributed by atoms with van der Waals surface area (Å²) in [6.07, 6.45) is 0. The molecule has 0 aromatic heterocycles. The van der Waals surface area contributed by atoms with Crippen molar-refractivity contribution in [2.24, 2.45) is 5.41 Å². The van der Waals surface area contributed by atoms with Crippen molar-refractivity contribution in [2.45, 2.75) is 0 Å². The lowest BCUT2D eigenvalue weighted by Gasteiger charge is -2.32. The summed E-state index contributed by atoms with van der Waals surface area (Å²) in [6, 6.07) is 0. The average Bonchev–Trinajstić information content (AvgIpc) is 2.73. The van der Waals surface area contributed by atoms with Crippen molar-refractivity contribution in [1.29, 1.82) is 0 Å². The minimum Gasteiger partial charge on any atom is -0.355 e. The van der Waals surface area contributed by atoms with E-state index in [-0.39, 0.29) is 27.2 Å². The van der Waals surface area contributed by atoms with Crippen LogP contribution >= 0.6 is 50.5 Å². The zero-order valence-electron chi connectivity index (χ0n) is 16.9. The molecule has 0 aliphatic carbocycles. The summed E-state index contributed by atoms with van der Waals surface area (Å²) in [5.41, 5.74) is -0.594. The lowest BCUT2D eigenvalue weighted by Crippen LogP contribution is -2.42. The van der Waals surface area contributed by atoms with Crippen molar-refractivity contribution in [3.63, 3.8) is 0 Å². The predicted octanol–water partition coefficient (Wildman–Crippen LogP) is 1.65. The summed E-state index contributed by atoms with van der Waals surface area (Å²) in [6.45, 7) is 3.79. The monoisotopic (exact) mass is 496 g/mol. The van der Waals surface area contributed by atoms with Gasteiger partial charge in [0.15, 0.2) is 0 Å². The Morgan fingerprint density at radius 1 is 0.379 bits per heavy atom. The van der Waals surface area contributed by atoms with Gasteiger partial charge in [-0.3, -0.25) is 0 Å². The minimum atomic E-state index is -0.594. The van der Waals surface area contributed by atoms with Crippen LogP contribution in [0.2, 0.25) is 0 Å². The first kappa shape index (κ1) is 30.1. The van der Waals surface area contributed by atoms with Crippen molar-refractivity contribution >= 4 is 50.5 Å². The summed E-state index contributed by atoms with van der Waals surface area (Å²) in [7, 11) is 0. The Bertz CT molecular complexity index is 270. The molecule has 0 unspecified atom stereocenters. The highest BCUT2D eigenvalue weighted by Gasteiger charge is 2.33. The molecule has 0 heterocycles. The van der Waals surface area contributed by atoms with E-state index in [0.717, 1.165) is 0 Å². The summed E-state index contributed by atoms with van der Waals surface area (Å²) in [5, 5.41) is 0. The Morgan fingerprint density at radius 2 is 0.621 bits per heavy atom. The van der Waals surface area contributed by atoms with Crippen LogP contribution in [0.5, 0.6) is 0 Å². The van der Waals surface area contributed by atoms with Gasteiger partial charge in [0.05, 0.1) is 58.3 Å². The van der Waals surface area contributed by atoms with E-state index in [2.05, 4.69) is 50.5 Å². The van der Waals surface area contributed by atoms with E-state index in [4.69, 9.17) is 37.9 Å². The van der Waals surface area contributed by atoms with E-state index >= 15 is 0 Å². The fraction of sp³-hybridized carbons (Fsp3) is 1.00. The molecule has 8 nitrogen and oxygen atoms in total. The second-order valence-electron chi connectivity index (χ2n) is 5.89. The standard InChI is InChI=1S/C17H36O8S4/c26-5-1-18-13-22-9-17(10-23-14-19-2-6-27,11-24-15-20-3-7-28)12-25-16-21-4-8-29/h26-29H,1-16H2. The van der Waals surface area contributed by atoms with Crippen LogP contribution in [-0.2, 0) is 37.9 Å². The van der Waals surface area contributed by atoms with Crippen LogP contribution in [0.15, 0.2) is 0 Å². The molecule has 0 saturated heterocycles. The first-order valence-corrected chi connectivity index (χ1v) is 11.8. The van der Waals surface area contributed by atoms with E-state index < -0.39 is 5.41 Å². The summed E-state index contributed by atoms with van der Waals surface area (Å²) >= 11 is 16.4. The Balaban J connectivity index is 4.69. The molecule has 0 aliphatic rings. The zero-order chi connectivity index (χ0) is 21.5. The molecular formula is C17H36O8S4. The molecule has 0 saturated carbocycles. The van der Waals surface area contributed by atoms with Crippen molar-refractivity contribution < 1.29 is 37.9 Å². The molecule has 0 aromatic rings. The SMILES string of the molecule is SCCOCOCC(COCOCCS)(COCOCCS)COCOCCS. The largest absolute Gasteiger partial charge is 0.355 e. The van der Waals surface area contributed by atoms with Crippen molar-refractivity contribution in [3.05, 3.63) is 0 Å². The van der Waals surface area contributed by atoms with Gasteiger partial charge in [0.1, 0.15) is 27.2 Å². The fourth-order valence-corrected chi connectivity index (χ4v) is 2.53. The molecule has 0 N–H and O–H groups in total. The quantitative estimate of drug-likeness (QED) is 0.0914. The lowest BCUT2D eigenvalue weighted by molar-refractivity contribution is -0.181. The second-order valence-corrected chi connectivity index (χ2v) is 7.68. The molecule has 0 radical (unpaired) electrons. The molecule has 0 fully saturated rings. The smallest absolute Gasteiger partial charge is 0.146 e. The van der Waals surface area contributed by atoms with Gasteiger partial charge in [-0.1, -0.05) is 0 Å². The highest BCUT2D eigenvalue weighted by Crippen LogP contribution is 2.21. The maximum Gasteiger partial charge on any atom is 0.146 e. The van der Waals surface area contributed by atoms with Gasteiger partial charge in [0.2, 0.25) is 0 Å². The highest BCUT2D eigenvalue weighted by molar-refractivity contribution is 7.80. The molecule has 0 rings (SSSR count). The molecular weight excluding hydrogens is 460 g/mol. The van der Waals surface area contributed by atoms with Gasteiger partial charge in [-0.2, -0.15) is 50.5 Å². The van der Waals surface area contributed by atoms with Gasteiger partial charge in [0.25, 0.3) is 0 Å². The molecule has 0 bridgehead atoms. The summed E-state index contributed by atoms with van der Waals surface area (Å²) in [5.74, 6) is 2.49. The number of ether oxygens (including phenoxy) is 8. The topological polar surface area (TPSA) is 73.8 Å². The maximum absolute atomic E-state index is 5.68. The first-order chi connectivity index (χ1) is 14.2. The predicted molar refractivity (Wildman–Crippen MR) is 125 cm³/mol. The number of thiol groups is 4. The first-order valence-electron chi connectivity index (χ1n) is 9.30. The average molecular weight is 497 g/mol. The van der Waals surface area contributed by atoms with E-state index in [1.165, 1.54) is 0 Å². The van der Waals surface area contributed by atoms with Crippen LogP contribution in [0.3, 0.4) is 0 Å². The zero-order valence-corrected chi connectivity index (χ0v) is 20.4. The normalized spacial score (nSPS) is 12.0. The molecule has 0 spiro atoms. The van der Waals surface area contributed by atoms with Crippen LogP contribution in [0.1, 0.15) is 0 Å². The van der Waals surface area contributed by atoms with E-state index in [0.29, 0.717) is 75.9 Å². The minimum absolute atomic E-state index is 0.144. The Hall–Kier alpha value is 1.08. The second kappa shape index (κ2) is 23.7. The van der Waals surface area contributed by atoms with Crippen LogP contribution < -0.4 is 0 Å². The van der Waals surface area contributed by atoms with Gasteiger partial charge < -0.3 is 37.9 Å². The van der Waals surface area contributed by atoms with Crippen molar-refractivity contribution in [1.82, 2.24) is 0 Å². The molecule has 0 aliphatic heterocycles. The lowest BCUT2D eigenvalue weighted by atomic mass is 9.92. The van der Waals surface area contributed by atoms with Crippen LogP contribution in [-0.4, -0.2) is 103 Å². The van der Waals surface area contributed by atoms with Crippen molar-refractivity contribution in [3.8, 4) is 0 Å². The third kappa shape index (κ3) is 19.5. The third-order valence-electron chi connectivity index (χ3n) is 3.24. The molecule has 0 aromatic carbocycles. The van der Waals surface area contributed by atoms with Gasteiger partial charge in [-0.25, -0.2) is 0 Å². The molecule has 29 heavy (non-hydrogen) atoms. The van der Waals surface area contributed by atoms with E-state index in [9.17, 15) is 0 Å². The van der Waals surface area contributed by atoms with Crippen LogP contribution in [0, 0.1) is 5.41 Å². The number of rotatable bonds is 24. The van der Waals surface area contributed by atoms with Crippen molar-refractivity contribution in [2.75, 3.05) is 103 Å². The van der Waals surface area contributed by atoms with Crippen LogP contribution in [0.25, 0.3) is 0 Å². The number of hydrogen-bond acceptors (Lipinski definition) is 12. The summed E-state index contributed by atoms with van der Waals surface area (Å²) in [4.78, 5) is 0. The van der Waals surface area contributed by atoms with E-state index in [1.807, 2.05) is 0 Å². The molecule has 0 atom stereocenters. The van der Waals surface area contributed by atoms with Gasteiger partial charge in [0, 0.05) is 23.0 Å².